The van der Waals surface area contributed by atoms with Crippen LogP contribution in [0.2, 0.25) is 0 Å². The van der Waals surface area contributed by atoms with E-state index in [1.54, 1.807) is 0 Å². The molecule has 1 N–H and O–H groups in total. The van der Waals surface area contributed by atoms with Crippen LogP contribution in [0.1, 0.15) is 27.7 Å². The fourth-order valence-electron chi connectivity index (χ4n) is 1.60. The van der Waals surface area contributed by atoms with Crippen LogP contribution in [0.5, 0.6) is 0 Å². The summed E-state index contributed by atoms with van der Waals surface area (Å²) in [6, 6.07) is 0.395. The zero-order valence-electron chi connectivity index (χ0n) is 8.39. The summed E-state index contributed by atoms with van der Waals surface area (Å²) in [6.07, 6.45) is 0. The molecule has 0 aliphatic carbocycles. The number of hydrogen-bond donors (Lipinski definition) is 1. The lowest BCUT2D eigenvalue weighted by molar-refractivity contribution is -0.152. The molecular formula is C9H17NO2. The predicted octanol–water partition coefficient (Wildman–Crippen LogP) is 0.936. The van der Waals surface area contributed by atoms with Crippen LogP contribution in [0, 0.1) is 5.41 Å². The Balaban J connectivity index is 2.79. The summed E-state index contributed by atoms with van der Waals surface area (Å²) in [5, 5.41) is 3.26. The van der Waals surface area contributed by atoms with E-state index in [1.165, 1.54) is 7.11 Å². The molecule has 70 valence electrons. The van der Waals surface area contributed by atoms with Crippen LogP contribution >= 0.6 is 0 Å². The van der Waals surface area contributed by atoms with Crippen molar-refractivity contribution in [2.75, 3.05) is 7.11 Å². The Bertz CT molecular complexity index is 213. The second-order valence-electron chi connectivity index (χ2n) is 4.18. The summed E-state index contributed by atoms with van der Waals surface area (Å²) in [7, 11) is 1.43. The maximum absolute atomic E-state index is 11.4. The summed E-state index contributed by atoms with van der Waals surface area (Å²) in [6.45, 7) is 7.95. The Morgan fingerprint density at radius 1 is 1.58 bits per heavy atom. The summed E-state index contributed by atoms with van der Waals surface area (Å²) in [4.78, 5) is 11.4. The largest absolute Gasteiger partial charge is 0.469 e. The maximum Gasteiger partial charge on any atom is 0.313 e. The van der Waals surface area contributed by atoms with Crippen molar-refractivity contribution in [3.63, 3.8) is 0 Å². The lowest BCUT2D eigenvalue weighted by atomic mass is 9.77. The highest BCUT2D eigenvalue weighted by atomic mass is 16.5. The van der Waals surface area contributed by atoms with E-state index in [4.69, 9.17) is 4.74 Å². The lowest BCUT2D eigenvalue weighted by Gasteiger charge is -2.27. The van der Waals surface area contributed by atoms with E-state index < -0.39 is 5.41 Å². The normalized spacial score (nSPS) is 34.6. The van der Waals surface area contributed by atoms with Crippen LogP contribution in [0.4, 0.5) is 0 Å². The zero-order chi connectivity index (χ0) is 9.57. The standard InChI is InChI=1S/C9H17NO2/c1-6-9(4,10-6)8(2,3)7(11)12-5/h6,10H,1-5H3/t6-,9+/m0/s1. The fourth-order valence-corrected chi connectivity index (χ4v) is 1.60. The Kier molecular flexibility index (Phi) is 1.95. The fraction of sp³-hybridized carbons (Fsp3) is 0.889. The van der Waals surface area contributed by atoms with Crippen molar-refractivity contribution in [1.82, 2.24) is 5.32 Å². The first-order valence-corrected chi connectivity index (χ1v) is 4.22. The predicted molar refractivity (Wildman–Crippen MR) is 46.8 cm³/mol. The highest BCUT2D eigenvalue weighted by molar-refractivity contribution is 5.78. The molecule has 1 saturated heterocycles. The molecule has 1 aliphatic rings. The van der Waals surface area contributed by atoms with Crippen LogP contribution in [-0.2, 0) is 9.53 Å². The van der Waals surface area contributed by atoms with E-state index in [2.05, 4.69) is 19.2 Å². The summed E-state index contributed by atoms with van der Waals surface area (Å²) in [5.74, 6) is -0.151. The Labute approximate surface area is 73.5 Å². The third-order valence-corrected chi connectivity index (χ3v) is 3.29. The van der Waals surface area contributed by atoms with Gasteiger partial charge in [0.1, 0.15) is 0 Å². The first kappa shape index (κ1) is 9.52. The van der Waals surface area contributed by atoms with E-state index in [9.17, 15) is 4.79 Å². The summed E-state index contributed by atoms with van der Waals surface area (Å²) in [5.41, 5.74) is -0.540. The third-order valence-electron chi connectivity index (χ3n) is 3.29. The smallest absolute Gasteiger partial charge is 0.313 e. The third kappa shape index (κ3) is 1.04. The van der Waals surface area contributed by atoms with E-state index in [0.29, 0.717) is 6.04 Å². The van der Waals surface area contributed by atoms with Gasteiger partial charge in [0.05, 0.1) is 12.5 Å². The van der Waals surface area contributed by atoms with Crippen molar-refractivity contribution < 1.29 is 9.53 Å². The van der Waals surface area contributed by atoms with Crippen molar-refractivity contribution in [2.45, 2.75) is 39.3 Å². The van der Waals surface area contributed by atoms with E-state index in [1.807, 2.05) is 13.8 Å². The summed E-state index contributed by atoms with van der Waals surface area (Å²) >= 11 is 0. The van der Waals surface area contributed by atoms with Gasteiger partial charge in [-0.3, -0.25) is 4.79 Å². The van der Waals surface area contributed by atoms with Gasteiger partial charge in [-0.25, -0.2) is 0 Å². The molecule has 0 amide bonds. The van der Waals surface area contributed by atoms with Crippen molar-refractivity contribution in [3.8, 4) is 0 Å². The number of carbonyl (C=O) groups excluding carboxylic acids is 1. The molecule has 0 saturated carbocycles. The van der Waals surface area contributed by atoms with Gasteiger partial charge < -0.3 is 10.1 Å². The van der Waals surface area contributed by atoms with Crippen LogP contribution in [0.25, 0.3) is 0 Å². The molecule has 1 fully saturated rings. The Morgan fingerprint density at radius 2 is 2.00 bits per heavy atom. The molecule has 0 unspecified atom stereocenters. The van der Waals surface area contributed by atoms with Crippen molar-refractivity contribution in [3.05, 3.63) is 0 Å². The number of rotatable bonds is 2. The molecule has 0 bridgehead atoms. The first-order valence-electron chi connectivity index (χ1n) is 4.22. The van der Waals surface area contributed by atoms with Gasteiger partial charge in [0, 0.05) is 11.6 Å². The van der Waals surface area contributed by atoms with Crippen molar-refractivity contribution >= 4 is 5.97 Å². The highest BCUT2D eigenvalue weighted by Gasteiger charge is 2.60. The molecule has 0 aromatic carbocycles. The molecule has 1 aliphatic heterocycles. The van der Waals surface area contributed by atoms with Gasteiger partial charge in [-0.2, -0.15) is 0 Å². The maximum atomic E-state index is 11.4. The Hall–Kier alpha value is -0.570. The summed E-state index contributed by atoms with van der Waals surface area (Å²) < 4.78 is 4.75. The van der Waals surface area contributed by atoms with Gasteiger partial charge >= 0.3 is 5.97 Å². The Morgan fingerprint density at radius 3 is 2.25 bits per heavy atom. The highest BCUT2D eigenvalue weighted by Crippen LogP contribution is 2.43. The van der Waals surface area contributed by atoms with Crippen molar-refractivity contribution in [2.24, 2.45) is 5.41 Å². The van der Waals surface area contributed by atoms with Gasteiger partial charge in [-0.1, -0.05) is 0 Å². The molecule has 1 heterocycles. The molecule has 1 rings (SSSR count). The minimum absolute atomic E-state index is 0.0971. The average molecular weight is 171 g/mol. The number of nitrogens with one attached hydrogen (secondary N) is 1. The minimum atomic E-state index is -0.443. The number of carbonyl (C=O) groups is 1. The van der Waals surface area contributed by atoms with Gasteiger partial charge in [-0.15, -0.1) is 0 Å². The topological polar surface area (TPSA) is 48.2 Å². The number of hydrogen-bond acceptors (Lipinski definition) is 3. The average Bonchev–Trinajstić information content (AvgIpc) is 2.60. The van der Waals surface area contributed by atoms with Gasteiger partial charge in [0.25, 0.3) is 0 Å². The molecule has 0 spiro atoms. The molecule has 3 nitrogen and oxygen atoms in total. The second kappa shape index (κ2) is 2.46. The van der Waals surface area contributed by atoms with E-state index in [-0.39, 0.29) is 11.5 Å². The van der Waals surface area contributed by atoms with Crippen molar-refractivity contribution in [1.29, 1.82) is 0 Å². The minimum Gasteiger partial charge on any atom is -0.469 e. The number of methoxy groups -OCH3 is 1. The van der Waals surface area contributed by atoms with Crippen LogP contribution in [0.3, 0.4) is 0 Å². The molecular weight excluding hydrogens is 154 g/mol. The number of esters is 1. The lowest BCUT2D eigenvalue weighted by Crippen LogP contribution is -2.41. The molecule has 0 aromatic heterocycles. The first-order chi connectivity index (χ1) is 5.36. The molecule has 12 heavy (non-hydrogen) atoms. The van der Waals surface area contributed by atoms with Gasteiger partial charge in [0.15, 0.2) is 0 Å². The molecule has 0 radical (unpaired) electrons. The quantitative estimate of drug-likeness (QED) is 0.497. The number of ether oxygens (including phenoxy) is 1. The zero-order valence-corrected chi connectivity index (χ0v) is 8.39. The van der Waals surface area contributed by atoms with Gasteiger partial charge in [0.2, 0.25) is 0 Å². The van der Waals surface area contributed by atoms with Crippen LogP contribution < -0.4 is 5.32 Å². The molecule has 3 heteroatoms. The monoisotopic (exact) mass is 171 g/mol. The SMILES string of the molecule is COC(=O)C(C)(C)[C@]1(C)N[C@H]1C. The van der Waals surface area contributed by atoms with E-state index in [0.717, 1.165) is 0 Å². The van der Waals surface area contributed by atoms with Crippen LogP contribution in [0.15, 0.2) is 0 Å². The van der Waals surface area contributed by atoms with Gasteiger partial charge in [-0.05, 0) is 27.7 Å². The molecule has 0 aromatic rings. The van der Waals surface area contributed by atoms with E-state index >= 15 is 0 Å². The molecule has 2 atom stereocenters. The van der Waals surface area contributed by atoms with Crippen LogP contribution in [-0.4, -0.2) is 24.7 Å². The second-order valence-corrected chi connectivity index (χ2v) is 4.18.